The number of carbonyl (C=O) groups is 1. The molecule has 1 amide bonds. The molecule has 0 radical (unpaired) electrons. The summed E-state index contributed by atoms with van der Waals surface area (Å²) in [6.07, 6.45) is 0.938. The molecule has 3 rings (SSSR count). The third kappa shape index (κ3) is 3.65. The molecule has 0 unspecified atom stereocenters. The molecular weight excluding hydrogens is 344 g/mol. The third-order valence-corrected chi connectivity index (χ3v) is 5.95. The van der Waals surface area contributed by atoms with Crippen LogP contribution in [0.4, 0.5) is 0 Å². The van der Waals surface area contributed by atoms with E-state index in [1.807, 2.05) is 18.2 Å². The van der Waals surface area contributed by atoms with E-state index in [0.29, 0.717) is 24.3 Å². The fourth-order valence-electron chi connectivity index (χ4n) is 2.80. The summed E-state index contributed by atoms with van der Waals surface area (Å²) in [6, 6.07) is 14.3. The molecule has 1 fully saturated rings. The van der Waals surface area contributed by atoms with Crippen LogP contribution in [0.25, 0.3) is 0 Å². The van der Waals surface area contributed by atoms with Crippen molar-refractivity contribution in [3.63, 3.8) is 0 Å². The van der Waals surface area contributed by atoms with E-state index in [9.17, 15) is 13.2 Å². The predicted molar refractivity (Wildman–Crippen MR) is 89.8 cm³/mol. The van der Waals surface area contributed by atoms with Gasteiger partial charge < -0.3 is 4.74 Å². The largest absolute Gasteiger partial charge is 0.457 e. The number of carbonyl (C=O) groups excluding carboxylic acids is 1. The van der Waals surface area contributed by atoms with Crippen molar-refractivity contribution in [3.05, 3.63) is 54.6 Å². The Morgan fingerprint density at radius 2 is 1.72 bits per heavy atom. The molecule has 0 spiro atoms. The molecule has 0 aliphatic carbocycles. The van der Waals surface area contributed by atoms with E-state index >= 15 is 0 Å². The molecule has 2 aromatic rings. The van der Waals surface area contributed by atoms with E-state index in [1.54, 1.807) is 24.3 Å². The maximum atomic E-state index is 12.8. The van der Waals surface area contributed by atoms with Gasteiger partial charge in [0.1, 0.15) is 17.5 Å². The molecule has 0 aromatic heterocycles. The van der Waals surface area contributed by atoms with Gasteiger partial charge in [0.2, 0.25) is 10.0 Å². The summed E-state index contributed by atoms with van der Waals surface area (Å²) in [7, 11) is -3.83. The van der Waals surface area contributed by atoms with Gasteiger partial charge in [-0.1, -0.05) is 18.2 Å². The predicted octanol–water partition coefficient (Wildman–Crippen LogP) is 2.14. The standard InChI is InChI=1S/C17H18N2O5S/c20-17(18-21)16-7-4-12-19(16)25(22,23)15-10-8-14(9-11-15)24-13-5-2-1-3-6-13/h1-3,5-6,8-11,16,21H,4,7,12H2,(H,18,20)/t16-/m1/s1. The lowest BCUT2D eigenvalue weighted by atomic mass is 10.2. The number of amides is 1. The first kappa shape index (κ1) is 17.4. The van der Waals surface area contributed by atoms with Crippen LogP contribution in [-0.4, -0.2) is 36.4 Å². The fourth-order valence-corrected chi connectivity index (χ4v) is 4.46. The molecule has 1 heterocycles. The summed E-state index contributed by atoms with van der Waals surface area (Å²) >= 11 is 0. The van der Waals surface area contributed by atoms with Crippen LogP contribution < -0.4 is 10.2 Å². The highest BCUT2D eigenvalue weighted by molar-refractivity contribution is 7.89. The Morgan fingerprint density at radius 3 is 2.36 bits per heavy atom. The second kappa shape index (κ2) is 7.22. The number of nitrogens with zero attached hydrogens (tertiary/aromatic N) is 1. The summed E-state index contributed by atoms with van der Waals surface area (Å²) < 4.78 is 32.3. The molecule has 132 valence electrons. The molecule has 1 saturated heterocycles. The Hall–Kier alpha value is -2.42. The monoisotopic (exact) mass is 362 g/mol. The Bertz CT molecular complexity index is 837. The Balaban J connectivity index is 1.80. The number of hydrogen-bond acceptors (Lipinski definition) is 5. The lowest BCUT2D eigenvalue weighted by Crippen LogP contribution is -2.44. The van der Waals surface area contributed by atoms with E-state index < -0.39 is 22.0 Å². The molecule has 1 atom stereocenters. The second-order valence-electron chi connectivity index (χ2n) is 5.64. The molecule has 0 bridgehead atoms. The van der Waals surface area contributed by atoms with Gasteiger partial charge in [-0.3, -0.25) is 10.0 Å². The molecular formula is C17H18N2O5S. The zero-order valence-electron chi connectivity index (χ0n) is 13.3. The average Bonchev–Trinajstić information content (AvgIpc) is 3.13. The zero-order chi connectivity index (χ0) is 17.9. The smallest absolute Gasteiger partial charge is 0.261 e. The van der Waals surface area contributed by atoms with Crippen molar-refractivity contribution in [2.75, 3.05) is 6.54 Å². The van der Waals surface area contributed by atoms with E-state index in [2.05, 4.69) is 0 Å². The number of para-hydroxylation sites is 1. The molecule has 25 heavy (non-hydrogen) atoms. The van der Waals surface area contributed by atoms with Crippen molar-refractivity contribution < 1.29 is 23.2 Å². The number of sulfonamides is 1. The lowest BCUT2D eigenvalue weighted by molar-refractivity contribution is -0.132. The van der Waals surface area contributed by atoms with E-state index in [4.69, 9.17) is 9.94 Å². The summed E-state index contributed by atoms with van der Waals surface area (Å²) in [4.78, 5) is 11.7. The number of nitrogens with one attached hydrogen (secondary N) is 1. The first-order valence-corrected chi connectivity index (χ1v) is 9.25. The zero-order valence-corrected chi connectivity index (χ0v) is 14.1. The minimum absolute atomic E-state index is 0.0746. The van der Waals surface area contributed by atoms with Gasteiger partial charge >= 0.3 is 0 Å². The second-order valence-corrected chi connectivity index (χ2v) is 7.53. The Labute approximate surface area is 145 Å². The summed E-state index contributed by atoms with van der Waals surface area (Å²) in [5, 5.41) is 8.79. The molecule has 0 saturated carbocycles. The first-order chi connectivity index (χ1) is 12.0. The van der Waals surface area contributed by atoms with Crippen molar-refractivity contribution >= 4 is 15.9 Å². The van der Waals surface area contributed by atoms with Crippen LogP contribution in [0.15, 0.2) is 59.5 Å². The summed E-state index contributed by atoms with van der Waals surface area (Å²) in [6.45, 7) is 0.239. The number of ether oxygens (including phenoxy) is 1. The van der Waals surface area contributed by atoms with Crippen molar-refractivity contribution in [3.8, 4) is 11.5 Å². The van der Waals surface area contributed by atoms with Gasteiger partial charge in [-0.05, 0) is 49.2 Å². The Kier molecular flexibility index (Phi) is 5.03. The molecule has 2 aromatic carbocycles. The normalized spacial score (nSPS) is 18.0. The van der Waals surface area contributed by atoms with Crippen LogP contribution in [0.3, 0.4) is 0 Å². The topological polar surface area (TPSA) is 95.9 Å². The maximum absolute atomic E-state index is 12.8. The van der Waals surface area contributed by atoms with Crippen LogP contribution in [0.1, 0.15) is 12.8 Å². The highest BCUT2D eigenvalue weighted by Gasteiger charge is 2.39. The third-order valence-electron chi connectivity index (χ3n) is 4.03. The minimum atomic E-state index is -3.83. The Morgan fingerprint density at radius 1 is 1.08 bits per heavy atom. The van der Waals surface area contributed by atoms with Crippen molar-refractivity contribution in [1.82, 2.24) is 9.79 Å². The van der Waals surface area contributed by atoms with Gasteiger partial charge in [0.15, 0.2) is 0 Å². The van der Waals surface area contributed by atoms with Gasteiger partial charge in [-0.25, -0.2) is 13.9 Å². The lowest BCUT2D eigenvalue weighted by Gasteiger charge is -2.22. The summed E-state index contributed by atoms with van der Waals surface area (Å²) in [5.74, 6) is 0.443. The molecule has 1 aliphatic rings. The molecule has 2 N–H and O–H groups in total. The summed E-state index contributed by atoms with van der Waals surface area (Å²) in [5.41, 5.74) is 1.53. The number of benzene rings is 2. The van der Waals surface area contributed by atoms with Gasteiger partial charge in [0.25, 0.3) is 5.91 Å². The average molecular weight is 362 g/mol. The van der Waals surface area contributed by atoms with Crippen LogP contribution in [0.5, 0.6) is 11.5 Å². The SMILES string of the molecule is O=C(NO)[C@H]1CCCN1S(=O)(=O)c1ccc(Oc2ccccc2)cc1. The van der Waals surface area contributed by atoms with Crippen molar-refractivity contribution in [2.24, 2.45) is 0 Å². The van der Waals surface area contributed by atoms with Gasteiger partial charge in [0.05, 0.1) is 4.90 Å². The van der Waals surface area contributed by atoms with E-state index in [0.717, 1.165) is 4.31 Å². The number of hydroxylamine groups is 1. The van der Waals surface area contributed by atoms with Crippen LogP contribution in [0, 0.1) is 0 Å². The van der Waals surface area contributed by atoms with E-state index in [1.165, 1.54) is 17.6 Å². The van der Waals surface area contributed by atoms with E-state index in [-0.39, 0.29) is 11.4 Å². The quantitative estimate of drug-likeness (QED) is 0.627. The molecule has 1 aliphatic heterocycles. The van der Waals surface area contributed by atoms with Crippen LogP contribution in [0.2, 0.25) is 0 Å². The minimum Gasteiger partial charge on any atom is -0.457 e. The first-order valence-electron chi connectivity index (χ1n) is 7.81. The van der Waals surface area contributed by atoms with Crippen molar-refractivity contribution in [2.45, 2.75) is 23.8 Å². The van der Waals surface area contributed by atoms with Crippen LogP contribution >= 0.6 is 0 Å². The van der Waals surface area contributed by atoms with Gasteiger partial charge in [-0.2, -0.15) is 4.31 Å². The number of rotatable bonds is 5. The highest BCUT2D eigenvalue weighted by atomic mass is 32.2. The fraction of sp³-hybridized carbons (Fsp3) is 0.235. The number of hydrogen-bond donors (Lipinski definition) is 2. The van der Waals surface area contributed by atoms with Gasteiger partial charge in [-0.15, -0.1) is 0 Å². The maximum Gasteiger partial charge on any atom is 0.261 e. The highest BCUT2D eigenvalue weighted by Crippen LogP contribution is 2.28. The van der Waals surface area contributed by atoms with Crippen LogP contribution in [-0.2, 0) is 14.8 Å². The van der Waals surface area contributed by atoms with Gasteiger partial charge in [0, 0.05) is 6.54 Å². The molecule has 7 nitrogen and oxygen atoms in total. The molecule has 8 heteroatoms. The van der Waals surface area contributed by atoms with Crippen molar-refractivity contribution in [1.29, 1.82) is 0 Å².